The van der Waals surface area contributed by atoms with E-state index in [-0.39, 0.29) is 11.8 Å². The number of amides is 1. The van der Waals surface area contributed by atoms with Crippen molar-refractivity contribution in [3.63, 3.8) is 0 Å². The van der Waals surface area contributed by atoms with Crippen molar-refractivity contribution in [1.82, 2.24) is 20.1 Å². The van der Waals surface area contributed by atoms with Crippen molar-refractivity contribution < 1.29 is 4.79 Å². The van der Waals surface area contributed by atoms with Gasteiger partial charge in [-0.15, -0.1) is 5.10 Å². The molecule has 6 heteroatoms. The minimum absolute atomic E-state index is 0.129. The number of hydrogen-bond acceptors (Lipinski definition) is 5. The molecule has 0 bridgehead atoms. The molecule has 6 nitrogen and oxygen atoms in total. The molecule has 0 saturated carbocycles. The van der Waals surface area contributed by atoms with E-state index in [0.29, 0.717) is 6.04 Å². The predicted octanol–water partition coefficient (Wildman–Crippen LogP) is 2.86. The van der Waals surface area contributed by atoms with E-state index < -0.39 is 0 Å². The number of likely N-dealkylation sites (tertiary alicyclic amines) is 1. The van der Waals surface area contributed by atoms with Crippen molar-refractivity contribution in [3.05, 3.63) is 48.4 Å². The van der Waals surface area contributed by atoms with Gasteiger partial charge in [0.1, 0.15) is 5.82 Å². The van der Waals surface area contributed by atoms with Crippen LogP contribution < -0.4 is 5.32 Å². The van der Waals surface area contributed by atoms with Gasteiger partial charge in [-0.3, -0.25) is 9.78 Å². The Morgan fingerprint density at radius 3 is 2.72 bits per heavy atom. The van der Waals surface area contributed by atoms with Crippen LogP contribution in [0.3, 0.4) is 0 Å². The summed E-state index contributed by atoms with van der Waals surface area (Å²) in [6.07, 6.45) is 7.08. The normalized spacial score (nSPS) is 16.4. The van der Waals surface area contributed by atoms with Gasteiger partial charge < -0.3 is 10.2 Å². The molecule has 2 aromatic heterocycles. The molecule has 1 N–H and O–H groups in total. The van der Waals surface area contributed by atoms with E-state index in [1.807, 2.05) is 35.2 Å². The Morgan fingerprint density at radius 1 is 1.24 bits per heavy atom. The highest BCUT2D eigenvalue weighted by atomic mass is 16.2. The van der Waals surface area contributed by atoms with Crippen molar-refractivity contribution >= 4 is 11.7 Å². The number of anilines is 1. The number of hydrogen-bond donors (Lipinski definition) is 1. The van der Waals surface area contributed by atoms with Crippen molar-refractivity contribution in [1.29, 1.82) is 0 Å². The van der Waals surface area contributed by atoms with Crippen LogP contribution in [-0.4, -0.2) is 45.1 Å². The number of carbonyl (C=O) groups excluding carboxylic acids is 1. The second-order valence-electron chi connectivity index (χ2n) is 6.45. The van der Waals surface area contributed by atoms with Gasteiger partial charge in [0.25, 0.3) is 0 Å². The molecule has 1 aliphatic rings. The van der Waals surface area contributed by atoms with Gasteiger partial charge in [0.2, 0.25) is 5.91 Å². The molecular weight excluding hydrogens is 314 g/mol. The average molecular weight is 339 g/mol. The van der Waals surface area contributed by atoms with Gasteiger partial charge in [-0.05, 0) is 43.5 Å². The van der Waals surface area contributed by atoms with Crippen molar-refractivity contribution in [2.45, 2.75) is 44.6 Å². The SMILES string of the molecule is CCCC(C(=O)N1CCC(Nc2cccnn2)CC1)c1ccccn1. The fourth-order valence-corrected chi connectivity index (χ4v) is 3.32. The standard InChI is InChI=1S/C19H25N5O/c1-2-6-16(17-7-3-4-11-20-17)19(25)24-13-9-15(10-14-24)22-18-8-5-12-21-23-18/h3-5,7-8,11-12,15-16H,2,6,9-10,13-14H2,1H3,(H,22,23). The summed E-state index contributed by atoms with van der Waals surface area (Å²) in [5.74, 6) is 0.874. The summed E-state index contributed by atoms with van der Waals surface area (Å²) in [6, 6.07) is 9.93. The first kappa shape index (κ1) is 17.3. The molecule has 1 atom stereocenters. The lowest BCUT2D eigenvalue weighted by Crippen LogP contribution is -2.44. The summed E-state index contributed by atoms with van der Waals surface area (Å²) in [5, 5.41) is 11.4. The lowest BCUT2D eigenvalue weighted by atomic mass is 9.95. The monoisotopic (exact) mass is 339 g/mol. The molecule has 2 aromatic rings. The molecule has 0 aliphatic carbocycles. The highest BCUT2D eigenvalue weighted by molar-refractivity contribution is 5.83. The van der Waals surface area contributed by atoms with Crippen LogP contribution in [0.4, 0.5) is 5.82 Å². The fraction of sp³-hybridized carbons (Fsp3) is 0.474. The molecule has 25 heavy (non-hydrogen) atoms. The van der Waals surface area contributed by atoms with Gasteiger partial charge in [-0.25, -0.2) is 0 Å². The zero-order valence-electron chi connectivity index (χ0n) is 14.6. The molecule has 1 fully saturated rings. The Balaban J connectivity index is 1.58. The zero-order valence-corrected chi connectivity index (χ0v) is 14.6. The molecule has 1 amide bonds. The van der Waals surface area contributed by atoms with Crippen LogP contribution in [0.2, 0.25) is 0 Å². The van der Waals surface area contributed by atoms with E-state index in [9.17, 15) is 4.79 Å². The first-order valence-electron chi connectivity index (χ1n) is 9.02. The van der Waals surface area contributed by atoms with Gasteiger partial charge in [-0.2, -0.15) is 5.10 Å². The molecule has 0 spiro atoms. The highest BCUT2D eigenvalue weighted by Crippen LogP contribution is 2.24. The first-order valence-corrected chi connectivity index (χ1v) is 9.02. The van der Waals surface area contributed by atoms with Crippen LogP contribution in [0.1, 0.15) is 44.2 Å². The quantitative estimate of drug-likeness (QED) is 0.876. The summed E-state index contributed by atoms with van der Waals surface area (Å²) in [5.41, 5.74) is 0.883. The molecule has 0 radical (unpaired) electrons. The number of rotatable bonds is 6. The van der Waals surface area contributed by atoms with Crippen LogP contribution in [0.15, 0.2) is 42.7 Å². The maximum Gasteiger partial charge on any atom is 0.231 e. The number of carbonyl (C=O) groups is 1. The summed E-state index contributed by atoms with van der Waals surface area (Å²) < 4.78 is 0. The van der Waals surface area contributed by atoms with Crippen LogP contribution in [0, 0.1) is 0 Å². The second kappa shape index (κ2) is 8.55. The maximum absolute atomic E-state index is 13.0. The molecule has 132 valence electrons. The van der Waals surface area contributed by atoms with Crippen molar-refractivity contribution in [3.8, 4) is 0 Å². The lowest BCUT2D eigenvalue weighted by molar-refractivity contribution is -0.134. The maximum atomic E-state index is 13.0. The molecule has 1 aliphatic heterocycles. The third kappa shape index (κ3) is 4.53. The Kier molecular flexibility index (Phi) is 5.93. The minimum Gasteiger partial charge on any atom is -0.366 e. The second-order valence-corrected chi connectivity index (χ2v) is 6.45. The van der Waals surface area contributed by atoms with Crippen LogP contribution >= 0.6 is 0 Å². The van der Waals surface area contributed by atoms with E-state index >= 15 is 0 Å². The van der Waals surface area contributed by atoms with Crippen LogP contribution in [0.5, 0.6) is 0 Å². The number of pyridine rings is 1. The number of nitrogens with one attached hydrogen (secondary N) is 1. The third-order valence-electron chi connectivity index (χ3n) is 4.65. The Bertz CT molecular complexity index is 656. The zero-order chi connectivity index (χ0) is 17.5. The van der Waals surface area contributed by atoms with E-state index in [0.717, 1.165) is 50.3 Å². The molecule has 1 unspecified atom stereocenters. The van der Waals surface area contributed by atoms with Gasteiger partial charge >= 0.3 is 0 Å². The average Bonchev–Trinajstić information content (AvgIpc) is 2.68. The molecule has 0 aromatic carbocycles. The summed E-state index contributed by atoms with van der Waals surface area (Å²) in [4.78, 5) is 19.4. The van der Waals surface area contributed by atoms with Gasteiger partial charge in [0.05, 0.1) is 11.6 Å². The van der Waals surface area contributed by atoms with Crippen molar-refractivity contribution in [2.75, 3.05) is 18.4 Å². The summed E-state index contributed by atoms with van der Waals surface area (Å²) >= 11 is 0. The Hall–Kier alpha value is -2.50. The van der Waals surface area contributed by atoms with Gasteiger partial charge in [0, 0.05) is 31.5 Å². The van der Waals surface area contributed by atoms with Gasteiger partial charge in [-0.1, -0.05) is 19.4 Å². The molecule has 1 saturated heterocycles. The summed E-state index contributed by atoms with van der Waals surface area (Å²) in [6.45, 7) is 3.65. The predicted molar refractivity (Wildman–Crippen MR) is 97.1 cm³/mol. The smallest absolute Gasteiger partial charge is 0.231 e. The first-order chi connectivity index (χ1) is 12.3. The van der Waals surface area contributed by atoms with E-state index in [1.54, 1.807) is 12.4 Å². The van der Waals surface area contributed by atoms with Gasteiger partial charge in [0.15, 0.2) is 0 Å². The molecule has 3 heterocycles. The molecule has 3 rings (SSSR count). The minimum atomic E-state index is -0.129. The van der Waals surface area contributed by atoms with Crippen LogP contribution in [-0.2, 0) is 4.79 Å². The summed E-state index contributed by atoms with van der Waals surface area (Å²) in [7, 11) is 0. The Morgan fingerprint density at radius 2 is 2.08 bits per heavy atom. The van der Waals surface area contributed by atoms with E-state index in [2.05, 4.69) is 27.4 Å². The molecular formula is C19H25N5O. The Labute approximate surface area is 148 Å². The highest BCUT2D eigenvalue weighted by Gasteiger charge is 2.29. The lowest BCUT2D eigenvalue weighted by Gasteiger charge is -2.34. The largest absolute Gasteiger partial charge is 0.366 e. The van der Waals surface area contributed by atoms with E-state index in [4.69, 9.17) is 0 Å². The third-order valence-corrected chi connectivity index (χ3v) is 4.65. The number of piperidine rings is 1. The van der Waals surface area contributed by atoms with Crippen LogP contribution in [0.25, 0.3) is 0 Å². The number of nitrogens with zero attached hydrogens (tertiary/aromatic N) is 4. The van der Waals surface area contributed by atoms with Crippen molar-refractivity contribution in [2.24, 2.45) is 0 Å². The van der Waals surface area contributed by atoms with E-state index in [1.165, 1.54) is 0 Å². The fourth-order valence-electron chi connectivity index (χ4n) is 3.32. The topological polar surface area (TPSA) is 71.0 Å². The number of aromatic nitrogens is 3.